The van der Waals surface area contributed by atoms with Gasteiger partial charge in [-0.1, -0.05) is 12.7 Å². The molecule has 2 aromatic rings. The summed E-state index contributed by atoms with van der Waals surface area (Å²) in [4.78, 5) is 12.2. The summed E-state index contributed by atoms with van der Waals surface area (Å²) in [6, 6.07) is 11.9. The summed E-state index contributed by atoms with van der Waals surface area (Å²) in [5.41, 5.74) is 1.11. The van der Waals surface area contributed by atoms with E-state index in [1.807, 2.05) is 0 Å². The third kappa shape index (κ3) is 5.66. The van der Waals surface area contributed by atoms with Crippen molar-refractivity contribution in [2.45, 2.75) is 12.8 Å². The van der Waals surface area contributed by atoms with E-state index in [2.05, 4.69) is 11.9 Å². The van der Waals surface area contributed by atoms with Crippen LogP contribution in [-0.2, 0) is 14.8 Å². The summed E-state index contributed by atoms with van der Waals surface area (Å²) in [7, 11) is -3.52. The molecule has 0 radical (unpaired) electrons. The van der Waals surface area contributed by atoms with Gasteiger partial charge in [-0.05, 0) is 42.8 Å². The van der Waals surface area contributed by atoms with Crippen LogP contribution in [0.5, 0.6) is 17.2 Å². The summed E-state index contributed by atoms with van der Waals surface area (Å²) in [5.74, 6) is 1.56. The van der Waals surface area contributed by atoms with Crippen molar-refractivity contribution in [3.8, 4) is 17.2 Å². The monoisotopic (exact) mass is 432 g/mol. The number of hydrogen-bond acceptors (Lipinski definition) is 6. The molecule has 9 heteroatoms. The predicted octanol–water partition coefficient (Wildman–Crippen LogP) is 3.17. The molecular formula is C21H24N2O6S. The van der Waals surface area contributed by atoms with Gasteiger partial charge in [-0.3, -0.25) is 9.10 Å². The maximum atomic E-state index is 12.2. The number of rotatable bonds is 10. The molecule has 0 aromatic heterocycles. The Kier molecular flexibility index (Phi) is 6.83. The Morgan fingerprint density at radius 1 is 1.20 bits per heavy atom. The molecule has 1 aliphatic rings. The van der Waals surface area contributed by atoms with Gasteiger partial charge in [0.05, 0.1) is 11.9 Å². The van der Waals surface area contributed by atoms with Crippen molar-refractivity contribution in [1.29, 1.82) is 0 Å². The number of fused-ring (bicyclic) bond motifs is 1. The highest BCUT2D eigenvalue weighted by Gasteiger charge is 2.21. The van der Waals surface area contributed by atoms with E-state index in [0.29, 0.717) is 41.7 Å². The number of carbonyl (C=O) groups is 1. The van der Waals surface area contributed by atoms with E-state index in [1.165, 1.54) is 4.31 Å². The fourth-order valence-corrected chi connectivity index (χ4v) is 3.88. The highest BCUT2D eigenvalue weighted by molar-refractivity contribution is 7.92. The third-order valence-corrected chi connectivity index (χ3v) is 5.51. The van der Waals surface area contributed by atoms with Crippen LogP contribution in [0.25, 0.3) is 0 Å². The van der Waals surface area contributed by atoms with Crippen molar-refractivity contribution in [2.24, 2.45) is 0 Å². The van der Waals surface area contributed by atoms with Gasteiger partial charge in [-0.2, -0.15) is 0 Å². The number of anilines is 2. The van der Waals surface area contributed by atoms with Crippen molar-refractivity contribution >= 4 is 27.3 Å². The summed E-state index contributed by atoms with van der Waals surface area (Å²) < 4.78 is 41.7. The zero-order chi connectivity index (χ0) is 21.6. The Morgan fingerprint density at radius 2 is 1.93 bits per heavy atom. The van der Waals surface area contributed by atoms with Crippen LogP contribution in [-0.4, -0.2) is 40.5 Å². The van der Waals surface area contributed by atoms with Crippen LogP contribution in [0.2, 0.25) is 0 Å². The standard InChI is InChI=1S/C21H24N2O6S/c1-3-13-27-18-9-6-16(7-10-18)22-21(24)5-4-12-23(30(2,25)26)17-8-11-19-20(14-17)29-15-28-19/h3,6-11,14H,1,4-5,12-13,15H2,2H3,(H,22,24). The lowest BCUT2D eigenvalue weighted by atomic mass is 10.2. The Balaban J connectivity index is 1.55. The van der Waals surface area contributed by atoms with Gasteiger partial charge in [0.25, 0.3) is 0 Å². The lowest BCUT2D eigenvalue weighted by Crippen LogP contribution is -2.31. The zero-order valence-electron chi connectivity index (χ0n) is 16.7. The van der Waals surface area contributed by atoms with Gasteiger partial charge < -0.3 is 19.5 Å². The van der Waals surface area contributed by atoms with Gasteiger partial charge in [0.15, 0.2) is 11.5 Å². The minimum atomic E-state index is -3.52. The summed E-state index contributed by atoms with van der Waals surface area (Å²) in [5, 5.41) is 2.79. The molecule has 1 heterocycles. The molecule has 0 spiro atoms. The molecule has 0 saturated carbocycles. The van der Waals surface area contributed by atoms with Crippen LogP contribution in [0.4, 0.5) is 11.4 Å². The van der Waals surface area contributed by atoms with Crippen molar-refractivity contribution in [1.82, 2.24) is 0 Å². The highest BCUT2D eigenvalue weighted by Crippen LogP contribution is 2.36. The SMILES string of the molecule is C=CCOc1ccc(NC(=O)CCCN(c2ccc3c(c2)OCO3)S(C)(=O)=O)cc1. The molecule has 2 aromatic carbocycles. The summed E-state index contributed by atoms with van der Waals surface area (Å²) >= 11 is 0. The molecule has 3 rings (SSSR count). The number of sulfonamides is 1. The minimum absolute atomic E-state index is 0.110. The maximum Gasteiger partial charge on any atom is 0.232 e. The largest absolute Gasteiger partial charge is 0.490 e. The highest BCUT2D eigenvalue weighted by atomic mass is 32.2. The fourth-order valence-electron chi connectivity index (χ4n) is 2.92. The van der Waals surface area contributed by atoms with E-state index in [4.69, 9.17) is 14.2 Å². The number of nitrogens with zero attached hydrogens (tertiary/aromatic N) is 1. The molecule has 30 heavy (non-hydrogen) atoms. The summed E-state index contributed by atoms with van der Waals surface area (Å²) in [6.45, 7) is 4.27. The van der Waals surface area contributed by atoms with Crippen molar-refractivity contribution < 1.29 is 27.4 Å². The zero-order valence-corrected chi connectivity index (χ0v) is 17.5. The Hall–Kier alpha value is -3.20. The Bertz CT molecular complexity index is 1000. The van der Waals surface area contributed by atoms with Crippen LogP contribution in [0, 0.1) is 0 Å². The van der Waals surface area contributed by atoms with Crippen molar-refractivity contribution in [3.63, 3.8) is 0 Å². The number of hydrogen-bond donors (Lipinski definition) is 1. The molecule has 0 unspecified atom stereocenters. The first-order valence-electron chi connectivity index (χ1n) is 9.38. The first-order valence-corrected chi connectivity index (χ1v) is 11.2. The molecule has 1 N–H and O–H groups in total. The van der Waals surface area contributed by atoms with Gasteiger partial charge in [-0.25, -0.2) is 8.42 Å². The van der Waals surface area contributed by atoms with E-state index < -0.39 is 10.0 Å². The number of amides is 1. The van der Waals surface area contributed by atoms with Gasteiger partial charge in [0, 0.05) is 24.7 Å². The van der Waals surface area contributed by atoms with Crippen LogP contribution in [0.15, 0.2) is 55.1 Å². The lowest BCUT2D eigenvalue weighted by Gasteiger charge is -2.22. The van der Waals surface area contributed by atoms with Gasteiger partial charge in [-0.15, -0.1) is 0 Å². The second-order valence-electron chi connectivity index (χ2n) is 6.65. The molecule has 0 bridgehead atoms. The van der Waals surface area contributed by atoms with Gasteiger partial charge in [0.1, 0.15) is 12.4 Å². The predicted molar refractivity (Wildman–Crippen MR) is 115 cm³/mol. The second-order valence-corrected chi connectivity index (χ2v) is 8.56. The molecule has 0 saturated heterocycles. The lowest BCUT2D eigenvalue weighted by molar-refractivity contribution is -0.116. The molecule has 1 aliphatic heterocycles. The smallest absolute Gasteiger partial charge is 0.232 e. The van der Waals surface area contributed by atoms with Crippen molar-refractivity contribution in [3.05, 3.63) is 55.1 Å². The van der Waals surface area contributed by atoms with E-state index in [1.54, 1.807) is 48.5 Å². The van der Waals surface area contributed by atoms with E-state index in [0.717, 1.165) is 6.26 Å². The molecule has 0 fully saturated rings. The molecule has 0 aliphatic carbocycles. The van der Waals surface area contributed by atoms with E-state index >= 15 is 0 Å². The number of ether oxygens (including phenoxy) is 3. The van der Waals surface area contributed by atoms with Gasteiger partial charge in [0.2, 0.25) is 22.7 Å². The number of benzene rings is 2. The molecule has 8 nitrogen and oxygen atoms in total. The van der Waals surface area contributed by atoms with Crippen LogP contribution in [0.1, 0.15) is 12.8 Å². The first kappa shape index (κ1) is 21.5. The Labute approximate surface area is 176 Å². The average Bonchev–Trinajstić information content (AvgIpc) is 3.17. The normalized spacial score (nSPS) is 12.3. The molecule has 0 atom stereocenters. The fraction of sp³-hybridized carbons (Fsp3) is 0.286. The van der Waals surface area contributed by atoms with Crippen LogP contribution >= 0.6 is 0 Å². The quantitative estimate of drug-likeness (QED) is 0.580. The molecular weight excluding hydrogens is 408 g/mol. The van der Waals surface area contributed by atoms with E-state index in [9.17, 15) is 13.2 Å². The number of nitrogens with one attached hydrogen (secondary N) is 1. The van der Waals surface area contributed by atoms with Crippen molar-refractivity contribution in [2.75, 3.05) is 35.8 Å². The van der Waals surface area contributed by atoms with E-state index in [-0.39, 0.29) is 25.7 Å². The molecule has 160 valence electrons. The topological polar surface area (TPSA) is 94.2 Å². The second kappa shape index (κ2) is 9.53. The van der Waals surface area contributed by atoms with Crippen LogP contribution in [0.3, 0.4) is 0 Å². The minimum Gasteiger partial charge on any atom is -0.490 e. The Morgan fingerprint density at radius 3 is 2.63 bits per heavy atom. The first-order chi connectivity index (χ1) is 14.4. The molecule has 1 amide bonds. The maximum absolute atomic E-state index is 12.2. The van der Waals surface area contributed by atoms with Gasteiger partial charge >= 0.3 is 0 Å². The van der Waals surface area contributed by atoms with Crippen LogP contribution < -0.4 is 23.8 Å². The summed E-state index contributed by atoms with van der Waals surface area (Å²) in [6.07, 6.45) is 3.31. The third-order valence-electron chi connectivity index (χ3n) is 4.32. The number of carbonyl (C=O) groups excluding carboxylic acids is 1. The average molecular weight is 432 g/mol.